The molecule has 2 aromatic heterocycles. The van der Waals surface area contributed by atoms with Crippen molar-refractivity contribution in [1.29, 1.82) is 0 Å². The lowest BCUT2D eigenvalue weighted by Crippen LogP contribution is -3.00. The maximum atomic E-state index is 2.35. The molecule has 8 heteroatoms. The van der Waals surface area contributed by atoms with Crippen molar-refractivity contribution in [3.8, 4) is 0 Å². The third-order valence-corrected chi connectivity index (χ3v) is 12.3. The monoisotopic (exact) mass is 898 g/mol. The molecule has 0 amide bonds. The number of nitrogens with zero attached hydrogens (tertiary/aromatic N) is 4. The van der Waals surface area contributed by atoms with E-state index in [2.05, 4.69) is 215 Å². The van der Waals surface area contributed by atoms with Crippen molar-refractivity contribution < 1.29 is 43.1 Å². The summed E-state index contributed by atoms with van der Waals surface area (Å²) in [6.07, 6.45) is 4.43. The van der Waals surface area contributed by atoms with Crippen molar-refractivity contribution in [2.24, 2.45) is 0 Å². The van der Waals surface area contributed by atoms with Gasteiger partial charge in [-0.25, -0.2) is 0 Å². The SMILES string of the molecule is CN(c1ccccc1)c1cc[n+](Cc2ccc(SCCSc3ccc(C[n+]4ccc(N(C)c5ccccc5)c5ccccc54)cc3)cc2)c2ccccc12.[Br-].[Br-]. The Hall–Kier alpha value is -4.60. The minimum absolute atomic E-state index is 0. The van der Waals surface area contributed by atoms with Gasteiger partial charge in [0.05, 0.1) is 22.1 Å². The van der Waals surface area contributed by atoms with E-state index in [1.54, 1.807) is 0 Å². The summed E-state index contributed by atoms with van der Waals surface area (Å²) in [7, 11) is 4.28. The Bertz CT molecular complexity index is 2310. The van der Waals surface area contributed by atoms with Crippen LogP contribution >= 0.6 is 23.5 Å². The summed E-state index contributed by atoms with van der Waals surface area (Å²) in [5, 5.41) is 2.49. The molecule has 0 fully saturated rings. The van der Waals surface area contributed by atoms with Crippen LogP contribution in [0.15, 0.2) is 192 Å². The molecule has 0 aliphatic heterocycles. The van der Waals surface area contributed by atoms with Gasteiger partial charge in [-0.3, -0.25) is 0 Å². The lowest BCUT2D eigenvalue weighted by molar-refractivity contribution is -0.662. The molecule has 0 radical (unpaired) electrons. The predicted molar refractivity (Wildman–Crippen MR) is 230 cm³/mol. The van der Waals surface area contributed by atoms with E-state index in [0.29, 0.717) is 0 Å². The molecule has 0 saturated heterocycles. The van der Waals surface area contributed by atoms with Gasteiger partial charge in [0.2, 0.25) is 11.0 Å². The molecule has 0 bridgehead atoms. The quantitative estimate of drug-likeness (QED) is 0.0911. The van der Waals surface area contributed by atoms with Crippen molar-refractivity contribution in [1.82, 2.24) is 0 Å². The van der Waals surface area contributed by atoms with Crippen LogP contribution in [0.25, 0.3) is 21.8 Å². The number of fused-ring (bicyclic) bond motifs is 2. The number of thioether (sulfide) groups is 2. The molecular weight excluding hydrogens is 856 g/mol. The zero-order chi connectivity index (χ0) is 36.7. The summed E-state index contributed by atoms with van der Waals surface area (Å²) in [4.78, 5) is 7.16. The zero-order valence-corrected chi connectivity index (χ0v) is 36.3. The standard InChI is InChI=1S/C48H44N4S2.2BrH/c1-49(39-13-5-3-6-14-39)45-29-31-51(47-19-11-9-17-43(45)47)35-37-21-25-41(26-22-37)53-33-34-54-42-27-23-38(24-28-42)36-52-32-30-46(44-18-10-12-20-48(44)52)50(2)40-15-7-4-8-16-40;;/h3-32H,33-36H2,1-2H3;2*1H/q+2;;/p-2. The molecule has 8 rings (SSSR count). The molecule has 8 aromatic rings. The van der Waals surface area contributed by atoms with E-state index in [1.165, 1.54) is 65.5 Å². The Kier molecular flexibility index (Phi) is 14.3. The topological polar surface area (TPSA) is 14.2 Å². The molecule has 6 aromatic carbocycles. The highest BCUT2D eigenvalue weighted by Gasteiger charge is 2.18. The zero-order valence-electron chi connectivity index (χ0n) is 31.5. The highest BCUT2D eigenvalue weighted by molar-refractivity contribution is 8.03. The smallest absolute Gasteiger partial charge is 0.214 e. The fourth-order valence-corrected chi connectivity index (χ4v) is 8.87. The second-order valence-electron chi connectivity index (χ2n) is 13.5. The largest absolute Gasteiger partial charge is 1.00 e. The maximum absolute atomic E-state index is 2.35. The van der Waals surface area contributed by atoms with Gasteiger partial charge in [-0.2, -0.15) is 9.13 Å². The van der Waals surface area contributed by atoms with Gasteiger partial charge in [0, 0.05) is 82.2 Å². The van der Waals surface area contributed by atoms with E-state index >= 15 is 0 Å². The van der Waals surface area contributed by atoms with Gasteiger partial charge in [-0.05, 0) is 60.7 Å². The first-order valence-electron chi connectivity index (χ1n) is 18.4. The van der Waals surface area contributed by atoms with E-state index in [-0.39, 0.29) is 34.0 Å². The second kappa shape index (κ2) is 19.5. The molecule has 0 saturated carbocycles. The maximum Gasteiger partial charge on any atom is 0.214 e. The molecule has 2 heterocycles. The summed E-state index contributed by atoms with van der Waals surface area (Å²) in [5.41, 5.74) is 9.83. The molecule has 4 nitrogen and oxygen atoms in total. The highest BCUT2D eigenvalue weighted by atomic mass is 79.9. The molecule has 0 spiro atoms. The van der Waals surface area contributed by atoms with Crippen molar-refractivity contribution in [3.05, 3.63) is 193 Å². The van der Waals surface area contributed by atoms with Crippen LogP contribution < -0.4 is 52.9 Å². The van der Waals surface area contributed by atoms with Crippen molar-refractivity contribution >= 4 is 68.1 Å². The van der Waals surface area contributed by atoms with E-state index in [4.69, 9.17) is 0 Å². The average molecular weight is 901 g/mol. The van der Waals surface area contributed by atoms with Crippen LogP contribution in [0, 0.1) is 0 Å². The molecule has 0 N–H and O–H groups in total. The van der Waals surface area contributed by atoms with Crippen molar-refractivity contribution in [2.75, 3.05) is 35.4 Å². The number of benzene rings is 6. The molecule has 0 atom stereocenters. The highest BCUT2D eigenvalue weighted by Crippen LogP contribution is 2.31. The summed E-state index contributed by atoms with van der Waals surface area (Å²) in [6, 6.07) is 61.1. The number of rotatable bonds is 13. The first-order valence-corrected chi connectivity index (χ1v) is 20.4. The average Bonchev–Trinajstić information content (AvgIpc) is 3.24. The third-order valence-electron chi connectivity index (χ3n) is 9.99. The van der Waals surface area contributed by atoms with E-state index in [1.807, 2.05) is 23.5 Å². The Labute approximate surface area is 360 Å². The minimum atomic E-state index is 0. The van der Waals surface area contributed by atoms with Crippen LogP contribution in [0.1, 0.15) is 11.1 Å². The molecule has 0 aliphatic carbocycles. The molecule has 56 heavy (non-hydrogen) atoms. The number of para-hydroxylation sites is 4. The minimum Gasteiger partial charge on any atom is -1.00 e. The van der Waals surface area contributed by atoms with Gasteiger partial charge in [-0.15, -0.1) is 23.5 Å². The number of hydrogen-bond donors (Lipinski definition) is 0. The van der Waals surface area contributed by atoms with Crippen molar-refractivity contribution in [3.63, 3.8) is 0 Å². The first-order chi connectivity index (χ1) is 26.6. The third kappa shape index (κ3) is 9.49. The Balaban J connectivity index is 0.00000266. The second-order valence-corrected chi connectivity index (χ2v) is 15.8. The number of pyridine rings is 2. The van der Waals surface area contributed by atoms with Gasteiger partial charge < -0.3 is 43.8 Å². The van der Waals surface area contributed by atoms with E-state index in [0.717, 1.165) is 24.6 Å². The fraction of sp³-hybridized carbons (Fsp3) is 0.125. The van der Waals surface area contributed by atoms with Crippen LogP contribution in [-0.2, 0) is 13.1 Å². The normalized spacial score (nSPS) is 10.8. The summed E-state index contributed by atoms with van der Waals surface area (Å²) >= 11 is 3.86. The molecule has 282 valence electrons. The predicted octanol–water partition coefficient (Wildman–Crippen LogP) is 5.09. The van der Waals surface area contributed by atoms with Crippen LogP contribution in [0.2, 0.25) is 0 Å². The van der Waals surface area contributed by atoms with Gasteiger partial charge in [0.1, 0.15) is 0 Å². The van der Waals surface area contributed by atoms with Gasteiger partial charge in [-0.1, -0.05) is 84.9 Å². The lowest BCUT2D eigenvalue weighted by Gasteiger charge is -2.20. The lowest BCUT2D eigenvalue weighted by atomic mass is 10.1. The Morgan fingerprint density at radius 3 is 1.16 bits per heavy atom. The van der Waals surface area contributed by atoms with Gasteiger partial charge >= 0.3 is 0 Å². The number of hydrogen-bond acceptors (Lipinski definition) is 4. The Morgan fingerprint density at radius 1 is 0.411 bits per heavy atom. The molecular formula is C48H44Br2N4S2. The van der Waals surface area contributed by atoms with Crippen LogP contribution in [0.5, 0.6) is 0 Å². The van der Waals surface area contributed by atoms with Crippen LogP contribution in [0.3, 0.4) is 0 Å². The Morgan fingerprint density at radius 2 is 0.768 bits per heavy atom. The van der Waals surface area contributed by atoms with Gasteiger partial charge in [0.25, 0.3) is 0 Å². The number of halogens is 2. The first kappa shape index (κ1) is 41.0. The van der Waals surface area contributed by atoms with E-state index < -0.39 is 0 Å². The summed E-state index contributed by atoms with van der Waals surface area (Å²) in [6.45, 7) is 1.66. The van der Waals surface area contributed by atoms with Gasteiger partial charge in [0.15, 0.2) is 25.5 Å². The fourth-order valence-electron chi connectivity index (χ4n) is 7.08. The summed E-state index contributed by atoms with van der Waals surface area (Å²) in [5.74, 6) is 2.13. The molecule has 0 aliphatic rings. The molecule has 0 unspecified atom stereocenters. The number of anilines is 4. The van der Waals surface area contributed by atoms with Crippen LogP contribution in [-0.4, -0.2) is 25.6 Å². The van der Waals surface area contributed by atoms with Crippen LogP contribution in [0.4, 0.5) is 22.7 Å². The van der Waals surface area contributed by atoms with Crippen molar-refractivity contribution in [2.45, 2.75) is 22.9 Å². The number of aromatic nitrogens is 2. The van der Waals surface area contributed by atoms with E-state index in [9.17, 15) is 0 Å². The summed E-state index contributed by atoms with van der Waals surface area (Å²) < 4.78 is 4.70.